The van der Waals surface area contributed by atoms with Gasteiger partial charge in [0.05, 0.1) is 5.75 Å². The van der Waals surface area contributed by atoms with E-state index >= 15 is 0 Å². The van der Waals surface area contributed by atoms with Crippen LogP contribution in [0.2, 0.25) is 0 Å². The highest BCUT2D eigenvalue weighted by Gasteiger charge is 2.19. The first-order valence-electron chi connectivity index (χ1n) is 7.78. The van der Waals surface area contributed by atoms with E-state index in [1.165, 1.54) is 16.6 Å². The van der Waals surface area contributed by atoms with E-state index in [4.69, 9.17) is 4.74 Å². The summed E-state index contributed by atoms with van der Waals surface area (Å²) in [6.07, 6.45) is 0.723. The fourth-order valence-corrected chi connectivity index (χ4v) is 4.20. The quantitative estimate of drug-likeness (QED) is 0.345. The number of thiophene rings is 1. The Labute approximate surface area is 155 Å². The van der Waals surface area contributed by atoms with Gasteiger partial charge >= 0.3 is 5.97 Å². The smallest absolute Gasteiger partial charge is 0.317 e. The van der Waals surface area contributed by atoms with E-state index in [9.17, 15) is 9.59 Å². The molecule has 2 rings (SSSR count). The Hall–Kier alpha value is -1.93. The molecule has 0 radical (unpaired) electrons. The highest BCUT2D eigenvalue weighted by Crippen LogP contribution is 2.35. The number of rotatable bonds is 7. The van der Waals surface area contributed by atoms with Crippen molar-refractivity contribution < 1.29 is 14.3 Å². The lowest BCUT2D eigenvalue weighted by Gasteiger charge is -2.12. The van der Waals surface area contributed by atoms with Gasteiger partial charge in [0.1, 0.15) is 15.7 Å². The maximum Gasteiger partial charge on any atom is 0.317 e. The van der Waals surface area contributed by atoms with E-state index in [0.29, 0.717) is 12.4 Å². The van der Waals surface area contributed by atoms with Crippen LogP contribution in [-0.4, -0.2) is 40.2 Å². The van der Waals surface area contributed by atoms with Gasteiger partial charge in [-0.25, -0.2) is 9.97 Å². The minimum Gasteiger partial charge on any atom is -0.452 e. The van der Waals surface area contributed by atoms with Crippen LogP contribution in [0.25, 0.3) is 10.2 Å². The number of amides is 1. The number of hydrogen-bond acceptors (Lipinski definition) is 7. The molecule has 8 heteroatoms. The van der Waals surface area contributed by atoms with Gasteiger partial charge in [-0.3, -0.25) is 9.59 Å². The zero-order valence-corrected chi connectivity index (χ0v) is 16.3. The van der Waals surface area contributed by atoms with E-state index < -0.39 is 12.1 Å². The van der Waals surface area contributed by atoms with Crippen molar-refractivity contribution in [2.45, 2.75) is 38.8 Å². The third-order valence-corrected chi connectivity index (χ3v) is 5.58. The summed E-state index contributed by atoms with van der Waals surface area (Å²) in [5.74, 6) is -0.0521. The minimum absolute atomic E-state index is 0.0823. The number of hydrogen-bond donors (Lipinski definition) is 1. The van der Waals surface area contributed by atoms with Crippen LogP contribution in [0.5, 0.6) is 0 Å². The second kappa shape index (κ2) is 8.44. The summed E-state index contributed by atoms with van der Waals surface area (Å²) in [6, 6.07) is 0. The average Bonchev–Trinajstić information content (AvgIpc) is 2.84. The molecule has 0 aliphatic heterocycles. The van der Waals surface area contributed by atoms with Crippen LogP contribution in [0.1, 0.15) is 23.2 Å². The van der Waals surface area contributed by atoms with Gasteiger partial charge in [0.2, 0.25) is 0 Å². The molecule has 1 atom stereocenters. The Morgan fingerprint density at radius 2 is 2.08 bits per heavy atom. The number of aromatic nitrogens is 2. The lowest BCUT2D eigenvalue weighted by atomic mass is 10.2. The number of nitrogens with one attached hydrogen (secondary N) is 1. The van der Waals surface area contributed by atoms with E-state index in [-0.39, 0.29) is 11.7 Å². The third kappa shape index (κ3) is 4.79. The molecule has 0 spiro atoms. The van der Waals surface area contributed by atoms with Crippen molar-refractivity contribution >= 4 is 45.2 Å². The molecule has 1 amide bonds. The van der Waals surface area contributed by atoms with Gasteiger partial charge in [0, 0.05) is 16.8 Å². The van der Waals surface area contributed by atoms with Crippen molar-refractivity contribution in [3.63, 3.8) is 0 Å². The normalized spacial score (nSPS) is 12.0. The molecule has 2 aromatic heterocycles. The number of aryl methyl sites for hydroxylation is 3. The summed E-state index contributed by atoms with van der Waals surface area (Å²) in [5, 5.41) is 4.35. The number of esters is 1. The molecule has 134 valence electrons. The maximum atomic E-state index is 12.0. The molecule has 25 heavy (non-hydrogen) atoms. The molecule has 1 N–H and O–H groups in total. The molecular weight excluding hydrogens is 358 g/mol. The third-order valence-electron chi connectivity index (χ3n) is 3.53. The van der Waals surface area contributed by atoms with Crippen LogP contribution in [0.15, 0.2) is 17.7 Å². The predicted octanol–water partition coefficient (Wildman–Crippen LogP) is 2.94. The largest absolute Gasteiger partial charge is 0.452 e. The Morgan fingerprint density at radius 3 is 2.76 bits per heavy atom. The molecule has 0 saturated heterocycles. The summed E-state index contributed by atoms with van der Waals surface area (Å²) >= 11 is 2.93. The van der Waals surface area contributed by atoms with E-state index in [0.717, 1.165) is 20.8 Å². The molecule has 0 saturated carbocycles. The van der Waals surface area contributed by atoms with Crippen molar-refractivity contribution in [2.75, 3.05) is 12.3 Å². The summed E-state index contributed by atoms with van der Waals surface area (Å²) in [4.78, 5) is 34.8. The summed E-state index contributed by atoms with van der Waals surface area (Å²) in [7, 11) is 0. The van der Waals surface area contributed by atoms with Crippen molar-refractivity contribution in [1.29, 1.82) is 0 Å². The van der Waals surface area contributed by atoms with Crippen molar-refractivity contribution in [1.82, 2.24) is 15.3 Å². The van der Waals surface area contributed by atoms with Gasteiger partial charge in [-0.2, -0.15) is 0 Å². The Bertz CT molecular complexity index is 817. The summed E-state index contributed by atoms with van der Waals surface area (Å²) in [5.41, 5.74) is 1.13. The highest BCUT2D eigenvalue weighted by molar-refractivity contribution is 8.00. The first-order chi connectivity index (χ1) is 11.8. The summed E-state index contributed by atoms with van der Waals surface area (Å²) in [6.45, 7) is 11.3. The number of thioether (sulfide) groups is 1. The molecule has 0 bridgehead atoms. The predicted molar refractivity (Wildman–Crippen MR) is 101 cm³/mol. The average molecular weight is 380 g/mol. The molecule has 2 heterocycles. The zero-order chi connectivity index (χ0) is 18.6. The van der Waals surface area contributed by atoms with Crippen LogP contribution < -0.4 is 5.32 Å². The first kappa shape index (κ1) is 19.4. The molecule has 0 fully saturated rings. The van der Waals surface area contributed by atoms with E-state index in [1.807, 2.05) is 20.8 Å². The fraction of sp³-hybridized carbons (Fsp3) is 0.412. The topological polar surface area (TPSA) is 81.2 Å². The van der Waals surface area contributed by atoms with Gasteiger partial charge in [-0.15, -0.1) is 17.9 Å². The number of carbonyl (C=O) groups excluding carboxylic acids is 2. The Kier molecular flexibility index (Phi) is 6.55. The number of fused-ring (bicyclic) bond motifs is 1. The van der Waals surface area contributed by atoms with Gasteiger partial charge in [0.15, 0.2) is 6.10 Å². The Balaban J connectivity index is 2.04. The molecule has 6 nitrogen and oxygen atoms in total. The minimum atomic E-state index is -0.842. The van der Waals surface area contributed by atoms with Crippen molar-refractivity contribution in [3.8, 4) is 0 Å². The molecule has 0 aromatic carbocycles. The SMILES string of the molecule is C=CCNC(=O)[C@H](C)OC(=O)CSc1nc(C)nc2sc(C)c(C)c12. The van der Waals surface area contributed by atoms with Crippen LogP contribution in [0, 0.1) is 20.8 Å². The number of carbonyl (C=O) groups is 2. The number of nitrogens with zero attached hydrogens (tertiary/aromatic N) is 2. The number of ether oxygens (including phenoxy) is 1. The van der Waals surface area contributed by atoms with Crippen LogP contribution >= 0.6 is 23.1 Å². The van der Waals surface area contributed by atoms with Gasteiger partial charge < -0.3 is 10.1 Å². The molecule has 0 unspecified atom stereocenters. The summed E-state index contributed by atoms with van der Waals surface area (Å²) < 4.78 is 5.16. The van der Waals surface area contributed by atoms with E-state index in [2.05, 4.69) is 21.9 Å². The van der Waals surface area contributed by atoms with Crippen molar-refractivity contribution in [2.24, 2.45) is 0 Å². The molecule has 0 aliphatic rings. The monoisotopic (exact) mass is 379 g/mol. The van der Waals surface area contributed by atoms with Crippen LogP contribution in [0.4, 0.5) is 0 Å². The van der Waals surface area contributed by atoms with Crippen LogP contribution in [0.3, 0.4) is 0 Å². The van der Waals surface area contributed by atoms with Crippen LogP contribution in [-0.2, 0) is 14.3 Å². The first-order valence-corrected chi connectivity index (χ1v) is 9.59. The van der Waals surface area contributed by atoms with E-state index in [1.54, 1.807) is 24.3 Å². The van der Waals surface area contributed by atoms with Gasteiger partial charge in [0.25, 0.3) is 5.91 Å². The lowest BCUT2D eigenvalue weighted by molar-refractivity contribution is -0.152. The van der Waals surface area contributed by atoms with Crippen molar-refractivity contribution in [3.05, 3.63) is 28.9 Å². The van der Waals surface area contributed by atoms with Gasteiger partial charge in [-0.1, -0.05) is 17.8 Å². The molecular formula is C17H21N3O3S2. The van der Waals surface area contributed by atoms with Gasteiger partial charge in [-0.05, 0) is 33.3 Å². The molecule has 0 aliphatic carbocycles. The lowest BCUT2D eigenvalue weighted by Crippen LogP contribution is -2.36. The standard InChI is InChI=1S/C17H21N3O3S2/c1-6-7-18-15(22)10(3)23-13(21)8-24-16-14-9(2)11(4)25-17(14)20-12(5)19-16/h6,10H,1,7-8H2,2-5H3,(H,18,22)/t10-/m0/s1. The highest BCUT2D eigenvalue weighted by atomic mass is 32.2. The zero-order valence-electron chi connectivity index (χ0n) is 14.7. The molecule has 2 aromatic rings. The Morgan fingerprint density at radius 1 is 1.36 bits per heavy atom. The second-order valence-electron chi connectivity index (χ2n) is 5.49. The second-order valence-corrected chi connectivity index (χ2v) is 7.66. The fourth-order valence-electron chi connectivity index (χ4n) is 2.15. The maximum absolute atomic E-state index is 12.0.